The number of anilines is 1. The highest BCUT2D eigenvalue weighted by atomic mass is 19.4. The van der Waals surface area contributed by atoms with Gasteiger partial charge in [-0.15, -0.1) is 0 Å². The van der Waals surface area contributed by atoms with E-state index < -0.39 is 155 Å². The summed E-state index contributed by atoms with van der Waals surface area (Å²) in [7, 11) is 8.48. The molecule has 108 heavy (non-hydrogen) atoms. The zero-order chi connectivity index (χ0) is 80.8. The highest BCUT2D eigenvalue weighted by Crippen LogP contribution is 2.38. The van der Waals surface area contributed by atoms with Crippen LogP contribution in [-0.4, -0.2) is 189 Å². The van der Waals surface area contributed by atoms with Crippen molar-refractivity contribution in [1.29, 1.82) is 0 Å². The Morgan fingerprint density at radius 2 is 1.34 bits per heavy atom. The van der Waals surface area contributed by atoms with Crippen LogP contribution in [0.1, 0.15) is 162 Å². The minimum atomic E-state index is -4.92. The van der Waals surface area contributed by atoms with Gasteiger partial charge in [-0.2, -0.15) is 17.6 Å². The predicted molar refractivity (Wildman–Crippen MR) is 393 cm³/mol. The Labute approximate surface area is 630 Å². The second-order valence-electron chi connectivity index (χ2n) is 30.4. The number of piperidine rings is 1. The third-order valence-corrected chi connectivity index (χ3v) is 21.3. The third kappa shape index (κ3) is 25.3. The van der Waals surface area contributed by atoms with Crippen LogP contribution in [0.15, 0.2) is 54.6 Å². The molecule has 7 amide bonds. The highest BCUT2D eigenvalue weighted by molar-refractivity contribution is 5.97. The number of amides is 7. The van der Waals surface area contributed by atoms with Crippen LogP contribution in [0.4, 0.5) is 41.2 Å². The molecule has 5 rings (SSSR count). The number of ketones is 3. The summed E-state index contributed by atoms with van der Waals surface area (Å²) in [5.74, 6) is -19.3. The Morgan fingerprint density at radius 1 is 0.694 bits per heavy atom. The van der Waals surface area contributed by atoms with E-state index in [1.807, 2.05) is 90.9 Å². The van der Waals surface area contributed by atoms with Crippen molar-refractivity contribution in [2.45, 2.75) is 214 Å². The molecule has 0 bridgehead atoms. The number of hydrogen-bond donors (Lipinski definition) is 5. The molecule has 6 N–H and O–H groups in total. The maximum absolute atomic E-state index is 14.7. The largest absolute Gasteiger partial charge is 0.420 e. The quantitative estimate of drug-likeness (QED) is 0.00880. The fraction of sp³-hybridized carbons (Fsp3) is 0.646. The number of alkyl halides is 3. The number of halogens is 7. The summed E-state index contributed by atoms with van der Waals surface area (Å²) in [4.78, 5) is 144. The first kappa shape index (κ1) is 90.7. The number of rotatable bonds is 42. The average molecular weight is 1530 g/mol. The number of benzene rings is 3. The van der Waals surface area contributed by atoms with E-state index in [9.17, 15) is 78.7 Å². The first-order chi connectivity index (χ1) is 50.8. The summed E-state index contributed by atoms with van der Waals surface area (Å²) in [5.41, 5.74) is 6.03. The van der Waals surface area contributed by atoms with E-state index in [-0.39, 0.29) is 138 Å². The molecule has 0 radical (unpaired) electrons. The van der Waals surface area contributed by atoms with Crippen molar-refractivity contribution < 1.29 is 92.9 Å². The SMILES string of the molecule is CC[C@H](C)[C@@H]([C@@H](CC(=O)N1CCC[C@H]1[C@H](OC)[C@@H](C)C(=O)C[C@@H](Cc1ccccc1)C(=O)NCc1ccc(NC(=O)[C@H](CCCNC(N)=O)CC(=O)[C@@H](NC(=O)CCCN2CC[C@@H](C(=O)Oc3c(F)c(C)c(F)c(F)c3F)C[C@H]2C(F)(F)F)C(C)C)cc1)OC)N(C)C(=O)[C@@H](CC(=O)[C@H](C(C)C)N(C)C)C(C)C. The van der Waals surface area contributed by atoms with Crippen molar-refractivity contribution in [3.63, 3.8) is 0 Å². The van der Waals surface area contributed by atoms with Crippen LogP contribution < -0.4 is 31.7 Å². The number of nitrogens with two attached hydrogens (primary N) is 1. The van der Waals surface area contributed by atoms with E-state index in [1.54, 1.807) is 61.9 Å². The van der Waals surface area contributed by atoms with E-state index in [4.69, 9.17) is 15.2 Å². The minimum absolute atomic E-state index is 0.00923. The topological polar surface area (TPSA) is 285 Å². The number of hydrogen-bond acceptors (Lipinski definition) is 15. The van der Waals surface area contributed by atoms with Gasteiger partial charge in [-0.05, 0) is 132 Å². The lowest BCUT2D eigenvalue weighted by Gasteiger charge is -2.41. The van der Waals surface area contributed by atoms with Crippen LogP contribution in [0.3, 0.4) is 0 Å². The van der Waals surface area contributed by atoms with Crippen LogP contribution in [-0.2, 0) is 65.6 Å². The molecule has 29 heteroatoms. The number of methoxy groups -OCH3 is 2. The molecule has 2 aliphatic heterocycles. The third-order valence-electron chi connectivity index (χ3n) is 21.3. The van der Waals surface area contributed by atoms with E-state index in [2.05, 4.69) is 26.0 Å². The fourth-order valence-electron chi connectivity index (χ4n) is 15.1. The zero-order valence-electron chi connectivity index (χ0n) is 65.2. The smallest absolute Gasteiger partial charge is 0.404 e. The van der Waals surface area contributed by atoms with Gasteiger partial charge in [-0.25, -0.2) is 18.0 Å². The molecular weight excluding hydrogens is 1420 g/mol. The van der Waals surface area contributed by atoms with Gasteiger partial charge in [0, 0.05) is 102 Å². The van der Waals surface area contributed by atoms with E-state index in [1.165, 1.54) is 14.2 Å². The first-order valence-corrected chi connectivity index (χ1v) is 37.5. The van der Waals surface area contributed by atoms with Crippen molar-refractivity contribution in [3.8, 4) is 5.75 Å². The van der Waals surface area contributed by atoms with Crippen LogP contribution in [0.25, 0.3) is 0 Å². The molecule has 13 atom stereocenters. The Hall–Kier alpha value is -7.89. The second-order valence-corrected chi connectivity index (χ2v) is 30.4. The molecule has 0 aromatic heterocycles. The summed E-state index contributed by atoms with van der Waals surface area (Å²) >= 11 is 0. The number of esters is 1. The van der Waals surface area contributed by atoms with Gasteiger partial charge < -0.3 is 51.0 Å². The number of primary amides is 1. The lowest BCUT2D eigenvalue weighted by atomic mass is 9.83. The number of likely N-dealkylation sites (tertiary alicyclic amines) is 2. The van der Waals surface area contributed by atoms with E-state index >= 15 is 0 Å². The maximum Gasteiger partial charge on any atom is 0.404 e. The highest BCUT2D eigenvalue weighted by Gasteiger charge is 2.49. The maximum atomic E-state index is 14.7. The van der Waals surface area contributed by atoms with Gasteiger partial charge >= 0.3 is 18.2 Å². The molecule has 2 fully saturated rings. The van der Waals surface area contributed by atoms with Crippen LogP contribution in [0.5, 0.6) is 5.75 Å². The van der Waals surface area contributed by atoms with Crippen molar-refractivity contribution in [3.05, 3.63) is 94.6 Å². The van der Waals surface area contributed by atoms with Gasteiger partial charge in [0.25, 0.3) is 0 Å². The number of urea groups is 1. The lowest BCUT2D eigenvalue weighted by Crippen LogP contribution is -2.54. The number of nitrogens with zero attached hydrogens (tertiary/aromatic N) is 4. The Balaban J connectivity index is 1.21. The number of likely N-dealkylation sites (N-methyl/N-ethyl adjacent to an activating group) is 2. The summed E-state index contributed by atoms with van der Waals surface area (Å²) in [6.45, 7) is 17.5. The fourth-order valence-corrected chi connectivity index (χ4v) is 15.1. The van der Waals surface area contributed by atoms with Crippen molar-refractivity contribution >= 4 is 64.6 Å². The van der Waals surface area contributed by atoms with Gasteiger partial charge in [0.2, 0.25) is 41.1 Å². The van der Waals surface area contributed by atoms with Crippen molar-refractivity contribution in [2.75, 3.05) is 66.9 Å². The molecule has 2 aliphatic rings. The Kier molecular flexibility index (Phi) is 35.6. The molecule has 0 spiro atoms. The summed E-state index contributed by atoms with van der Waals surface area (Å²) in [6, 6.07) is 10.2. The number of ether oxygens (including phenoxy) is 3. The van der Waals surface area contributed by atoms with E-state index in [0.717, 1.165) is 17.4 Å². The molecule has 0 aliphatic carbocycles. The number of nitrogens with one attached hydrogen (secondary N) is 4. The molecule has 3 aromatic carbocycles. The predicted octanol–water partition coefficient (Wildman–Crippen LogP) is 10.9. The standard InChI is InChI=1S/C79H114F7N9O13/c1-16-47(8)71(93(13)76(103)56(44(2)3)41-60(98)70(46(6)7)92(11)12)61(106-14)42-64(100)95-35-21-26-57(95)72(107-15)48(9)58(96)39-54(37-50-23-18-17-19-24-50)74(101)89-43-51-28-30-55(31-29-51)90-75(102)52(25-20-33-88-78(87)105)38-59(97)69(45(4)5)91-63(99)27-22-34-94-36-32-53(40-62(94)79(84,85)86)77(104)108-73-66(81)49(10)65(80)67(82)68(73)83/h17-19,23-24,28-31,44-48,52-54,56-57,61-62,69-72H,16,20-22,25-27,32-43H2,1-15H3,(H,89,101)(H,90,102)(H,91,99)(H3,87,88,105)/t47-,48-,52+,53+,54+,56-,57-,61+,62-,69-,70-,71-,72+/m0/s1. The average Bonchev–Trinajstić information content (AvgIpc) is 1.49. The van der Waals surface area contributed by atoms with Gasteiger partial charge in [0.15, 0.2) is 29.0 Å². The number of carbonyl (C=O) groups is 10. The van der Waals surface area contributed by atoms with Crippen LogP contribution in [0.2, 0.25) is 0 Å². The molecule has 602 valence electrons. The first-order valence-electron chi connectivity index (χ1n) is 37.5. The van der Waals surface area contributed by atoms with Crippen molar-refractivity contribution in [2.24, 2.45) is 59.0 Å². The van der Waals surface area contributed by atoms with Gasteiger partial charge in [0.05, 0.1) is 48.7 Å². The molecule has 0 unspecified atom stereocenters. The number of carbonyl (C=O) groups excluding carboxylic acids is 10. The second kappa shape index (κ2) is 42.3. The minimum Gasteiger partial charge on any atom is -0.420 e. The molecular formula is C79H114F7N9O13. The van der Waals surface area contributed by atoms with E-state index in [0.29, 0.717) is 37.1 Å². The molecule has 22 nitrogen and oxygen atoms in total. The molecule has 2 saturated heterocycles. The summed E-state index contributed by atoms with van der Waals surface area (Å²) < 4.78 is 117. The zero-order valence-corrected chi connectivity index (χ0v) is 65.2. The summed E-state index contributed by atoms with van der Waals surface area (Å²) in [6.07, 6.45) is -6.22. The lowest BCUT2D eigenvalue weighted by molar-refractivity contribution is -0.197. The summed E-state index contributed by atoms with van der Waals surface area (Å²) in [5, 5.41) is 10.9. The Bertz CT molecular complexity index is 3490. The molecule has 0 saturated carbocycles. The van der Waals surface area contributed by atoms with Crippen LogP contribution in [0, 0.1) is 83.5 Å². The normalized spacial score (nSPS) is 18.5. The van der Waals surface area contributed by atoms with Gasteiger partial charge in [0.1, 0.15) is 11.8 Å². The van der Waals surface area contributed by atoms with Crippen molar-refractivity contribution in [1.82, 2.24) is 35.6 Å². The van der Waals surface area contributed by atoms with Crippen LogP contribution >= 0.6 is 0 Å². The van der Waals surface area contributed by atoms with Gasteiger partial charge in [-0.1, -0.05) is 111 Å². The number of Topliss-reactive ketones (excluding diaryl/α,β-unsaturated/α-hetero) is 3. The monoisotopic (exact) mass is 1530 g/mol. The van der Waals surface area contributed by atoms with Gasteiger partial charge in [-0.3, -0.25) is 53.0 Å². The molecule has 2 heterocycles. The Morgan fingerprint density at radius 3 is 1.92 bits per heavy atom. The molecule has 3 aromatic rings.